The van der Waals surface area contributed by atoms with E-state index >= 15 is 0 Å². The van der Waals surface area contributed by atoms with Crippen LogP contribution < -0.4 is 0 Å². The van der Waals surface area contributed by atoms with Crippen molar-refractivity contribution in [3.63, 3.8) is 0 Å². The first-order chi connectivity index (χ1) is 5.79. The monoisotopic (exact) mass is 164 g/mol. The van der Waals surface area contributed by atoms with Gasteiger partial charge in [-0.1, -0.05) is 18.2 Å². The first kappa shape index (κ1) is 6.84. The van der Waals surface area contributed by atoms with Crippen LogP contribution in [0.4, 0.5) is 0 Å². The van der Waals surface area contributed by atoms with E-state index in [9.17, 15) is 4.79 Å². The highest BCUT2D eigenvalue weighted by Gasteiger charge is 2.10. The summed E-state index contributed by atoms with van der Waals surface area (Å²) >= 11 is 0. The van der Waals surface area contributed by atoms with E-state index in [2.05, 4.69) is 10.2 Å². The van der Waals surface area contributed by atoms with Crippen molar-refractivity contribution in [2.24, 2.45) is 0 Å². The number of benzene rings is 1. The van der Waals surface area contributed by atoms with E-state index in [4.69, 9.17) is 5.11 Å². The SMILES string of the molecule is O=[14C](O)c1n[nH]c2ccccc12. The molecular formula is C8H6N2O2. The third-order valence-electron chi connectivity index (χ3n) is 1.67. The van der Waals surface area contributed by atoms with Gasteiger partial charge in [0.2, 0.25) is 0 Å². The van der Waals surface area contributed by atoms with Crippen LogP contribution in [0.3, 0.4) is 0 Å². The van der Waals surface area contributed by atoms with E-state index in [-0.39, 0.29) is 5.69 Å². The first-order valence-corrected chi connectivity index (χ1v) is 3.45. The fourth-order valence-corrected chi connectivity index (χ4v) is 1.13. The fourth-order valence-electron chi connectivity index (χ4n) is 1.13. The maximum atomic E-state index is 10.6. The van der Waals surface area contributed by atoms with Gasteiger partial charge < -0.3 is 5.11 Å². The Morgan fingerprint density at radius 3 is 2.92 bits per heavy atom. The number of nitrogens with zero attached hydrogens (tertiary/aromatic N) is 1. The van der Waals surface area contributed by atoms with Gasteiger partial charge in [0.05, 0.1) is 5.52 Å². The Balaban J connectivity index is 2.79. The van der Waals surface area contributed by atoms with Gasteiger partial charge in [0.25, 0.3) is 0 Å². The number of H-pyrrole nitrogens is 1. The molecule has 1 heterocycles. The van der Waals surface area contributed by atoms with Crippen molar-refractivity contribution in [2.75, 3.05) is 0 Å². The van der Waals surface area contributed by atoms with Crippen LogP contribution in [-0.2, 0) is 0 Å². The van der Waals surface area contributed by atoms with E-state index in [1.165, 1.54) is 0 Å². The average molecular weight is 164 g/mol. The molecule has 4 heteroatoms. The van der Waals surface area contributed by atoms with Crippen molar-refractivity contribution in [1.82, 2.24) is 10.2 Å². The number of hydrogen-bond donors (Lipinski definition) is 2. The lowest BCUT2D eigenvalue weighted by Gasteiger charge is -1.87. The zero-order valence-corrected chi connectivity index (χ0v) is 6.11. The number of carboxylic acids is 1. The molecule has 4 nitrogen and oxygen atoms in total. The molecule has 0 atom stereocenters. The highest BCUT2D eigenvalue weighted by Crippen LogP contribution is 2.14. The minimum Gasteiger partial charge on any atom is -0.476 e. The summed E-state index contributed by atoms with van der Waals surface area (Å²) in [5, 5.41) is 15.6. The van der Waals surface area contributed by atoms with Crippen LogP contribution >= 0.6 is 0 Å². The van der Waals surface area contributed by atoms with Gasteiger partial charge in [-0.2, -0.15) is 5.10 Å². The summed E-state index contributed by atoms with van der Waals surface area (Å²) in [6.07, 6.45) is 0. The lowest BCUT2D eigenvalue weighted by atomic mass is 10.2. The molecule has 1 aromatic heterocycles. The summed E-state index contributed by atoms with van der Waals surface area (Å²) in [6, 6.07) is 7.12. The number of nitrogens with one attached hydrogen (secondary N) is 1. The van der Waals surface area contributed by atoms with Crippen molar-refractivity contribution in [1.29, 1.82) is 0 Å². The number of rotatable bonds is 1. The number of fused-ring (bicyclic) bond motifs is 1. The normalized spacial score (nSPS) is 10.3. The molecule has 0 radical (unpaired) electrons. The Labute approximate surface area is 67.8 Å². The molecule has 0 fully saturated rings. The second-order valence-corrected chi connectivity index (χ2v) is 2.42. The molecule has 0 amide bonds. The minimum atomic E-state index is -1.01. The first-order valence-electron chi connectivity index (χ1n) is 3.45. The van der Waals surface area contributed by atoms with Crippen LogP contribution in [-0.4, -0.2) is 21.3 Å². The average Bonchev–Trinajstić information content (AvgIpc) is 2.47. The van der Waals surface area contributed by atoms with Crippen molar-refractivity contribution in [2.45, 2.75) is 0 Å². The molecule has 2 N–H and O–H groups in total. The van der Waals surface area contributed by atoms with Crippen LogP contribution in [0.2, 0.25) is 0 Å². The molecule has 0 saturated heterocycles. The van der Waals surface area contributed by atoms with Crippen molar-refractivity contribution >= 4 is 16.9 Å². The Morgan fingerprint density at radius 1 is 1.42 bits per heavy atom. The Hall–Kier alpha value is -1.84. The summed E-state index contributed by atoms with van der Waals surface area (Å²) in [5.74, 6) is -1.01. The summed E-state index contributed by atoms with van der Waals surface area (Å²) in [4.78, 5) is 10.6. The van der Waals surface area contributed by atoms with Gasteiger partial charge >= 0.3 is 5.97 Å². The molecule has 0 saturated carbocycles. The molecule has 0 unspecified atom stereocenters. The van der Waals surface area contributed by atoms with Crippen molar-refractivity contribution < 1.29 is 9.90 Å². The molecule has 12 heavy (non-hydrogen) atoms. The molecule has 2 rings (SSSR count). The predicted molar refractivity (Wildman–Crippen MR) is 43.1 cm³/mol. The molecule has 60 valence electrons. The molecule has 0 bridgehead atoms. The quantitative estimate of drug-likeness (QED) is 0.666. The highest BCUT2D eigenvalue weighted by atomic mass is 16.6. The second kappa shape index (κ2) is 2.34. The summed E-state index contributed by atoms with van der Waals surface area (Å²) in [6.45, 7) is 0. The van der Waals surface area contributed by atoms with Crippen LogP contribution in [0, 0.1) is 0 Å². The molecule has 1 aromatic carbocycles. The second-order valence-electron chi connectivity index (χ2n) is 2.42. The largest absolute Gasteiger partial charge is 0.476 e. The summed E-state index contributed by atoms with van der Waals surface area (Å²) < 4.78 is 0. The molecule has 0 spiro atoms. The summed E-state index contributed by atoms with van der Waals surface area (Å²) in [7, 11) is 0. The number of aromatic carboxylic acids is 1. The number of aromatic amines is 1. The summed E-state index contributed by atoms with van der Waals surface area (Å²) in [5.41, 5.74) is 0.820. The predicted octanol–water partition coefficient (Wildman–Crippen LogP) is 1.26. The molecule has 0 aliphatic heterocycles. The smallest absolute Gasteiger partial charge is 0.357 e. The molecule has 0 aliphatic carbocycles. The molecule has 2 aromatic rings. The van der Waals surface area contributed by atoms with E-state index < -0.39 is 5.97 Å². The van der Waals surface area contributed by atoms with Gasteiger partial charge in [0, 0.05) is 5.39 Å². The van der Waals surface area contributed by atoms with Gasteiger partial charge in [-0.3, -0.25) is 5.10 Å². The number of para-hydroxylation sites is 1. The van der Waals surface area contributed by atoms with E-state index in [0.29, 0.717) is 5.39 Å². The third-order valence-corrected chi connectivity index (χ3v) is 1.67. The van der Waals surface area contributed by atoms with Crippen LogP contribution in [0.25, 0.3) is 10.9 Å². The Bertz CT molecular complexity index is 433. The van der Waals surface area contributed by atoms with Crippen molar-refractivity contribution in [3.05, 3.63) is 30.0 Å². The van der Waals surface area contributed by atoms with Gasteiger partial charge in [0.1, 0.15) is 0 Å². The van der Waals surface area contributed by atoms with E-state index in [1.54, 1.807) is 18.2 Å². The fraction of sp³-hybridized carbons (Fsp3) is 0. The van der Waals surface area contributed by atoms with Crippen molar-refractivity contribution in [3.8, 4) is 0 Å². The number of hydrogen-bond acceptors (Lipinski definition) is 2. The Morgan fingerprint density at radius 2 is 2.17 bits per heavy atom. The highest BCUT2D eigenvalue weighted by molar-refractivity contribution is 6.00. The zero-order valence-electron chi connectivity index (χ0n) is 6.11. The van der Waals surface area contributed by atoms with Gasteiger partial charge in [-0.25, -0.2) is 4.79 Å². The van der Waals surface area contributed by atoms with E-state index in [1.807, 2.05) is 6.07 Å². The number of carbonyl (C=O) groups is 1. The van der Waals surface area contributed by atoms with Crippen LogP contribution in [0.1, 0.15) is 10.5 Å². The lowest BCUT2D eigenvalue weighted by molar-refractivity contribution is 0.0692. The lowest BCUT2D eigenvalue weighted by Crippen LogP contribution is -1.96. The van der Waals surface area contributed by atoms with Gasteiger partial charge in [0.15, 0.2) is 5.69 Å². The maximum absolute atomic E-state index is 10.6. The van der Waals surface area contributed by atoms with Gasteiger partial charge in [-0.05, 0) is 6.07 Å². The number of carboxylic acid groups (broad SMARTS) is 1. The standard InChI is InChI=1S/C8H6N2O2/c11-8(12)7-5-3-1-2-4-6(5)9-10-7/h1-4H,(H,9,10)(H,11,12)/i8+2. The van der Waals surface area contributed by atoms with Gasteiger partial charge in [-0.15, -0.1) is 0 Å². The maximum Gasteiger partial charge on any atom is 0.357 e. The van der Waals surface area contributed by atoms with Crippen LogP contribution in [0.15, 0.2) is 24.3 Å². The van der Waals surface area contributed by atoms with Crippen LogP contribution in [0.5, 0.6) is 0 Å². The molecular weight excluding hydrogens is 158 g/mol. The number of aromatic nitrogens is 2. The minimum absolute atomic E-state index is 0.0746. The molecule has 0 aliphatic rings. The van der Waals surface area contributed by atoms with E-state index in [0.717, 1.165) is 5.52 Å². The third kappa shape index (κ3) is 0.852. The topological polar surface area (TPSA) is 66.0 Å². The zero-order chi connectivity index (χ0) is 8.55. The Kier molecular flexibility index (Phi) is 1.33.